The number of nitrogens with one attached hydrogen (secondary N) is 1. The summed E-state index contributed by atoms with van der Waals surface area (Å²) in [7, 11) is 0. The summed E-state index contributed by atoms with van der Waals surface area (Å²) in [5.74, 6) is 3.14. The van der Waals surface area contributed by atoms with E-state index in [0.717, 1.165) is 18.0 Å². The van der Waals surface area contributed by atoms with E-state index >= 15 is 0 Å². The Kier molecular flexibility index (Phi) is 4.66. The lowest BCUT2D eigenvalue weighted by Gasteiger charge is -2.22. The quantitative estimate of drug-likeness (QED) is 0.732. The molecule has 0 saturated carbocycles. The maximum absolute atomic E-state index is 11.3. The first-order valence-corrected chi connectivity index (χ1v) is 7.99. The van der Waals surface area contributed by atoms with Crippen LogP contribution in [0.5, 0.6) is 0 Å². The highest BCUT2D eigenvalue weighted by molar-refractivity contribution is 8.06. The summed E-state index contributed by atoms with van der Waals surface area (Å²) in [6.45, 7) is 0.835. The van der Waals surface area contributed by atoms with Crippen LogP contribution in [-0.2, 0) is 0 Å². The van der Waals surface area contributed by atoms with Gasteiger partial charge in [-0.2, -0.15) is 23.5 Å². The van der Waals surface area contributed by atoms with Gasteiger partial charge in [0.1, 0.15) is 0 Å². The molecule has 6 heteroatoms. The number of nitrogen functional groups attached to an aromatic ring is 1. The largest absolute Gasteiger partial charge is 0.399 e. The molecule has 1 aromatic carbocycles. The van der Waals surface area contributed by atoms with Crippen molar-refractivity contribution in [3.8, 4) is 0 Å². The van der Waals surface area contributed by atoms with Gasteiger partial charge in [0.05, 0.1) is 5.56 Å². The van der Waals surface area contributed by atoms with E-state index in [0.29, 0.717) is 16.5 Å². The molecule has 0 radical (unpaired) electrons. The van der Waals surface area contributed by atoms with Gasteiger partial charge in [0.15, 0.2) is 0 Å². The molecule has 2 rings (SSSR count). The number of primary amides is 1. The molecule has 1 aliphatic heterocycles. The Bertz CT molecular complexity index is 433. The maximum atomic E-state index is 11.3. The van der Waals surface area contributed by atoms with Crippen LogP contribution in [0, 0.1) is 0 Å². The number of amides is 1. The SMILES string of the molecule is NC(=O)c1ccc(N)cc1NCC1CSCCS1. The first-order valence-electron chi connectivity index (χ1n) is 5.79. The lowest BCUT2D eigenvalue weighted by Crippen LogP contribution is -2.24. The molecule has 18 heavy (non-hydrogen) atoms. The van der Waals surface area contributed by atoms with Crippen molar-refractivity contribution in [3.63, 3.8) is 0 Å². The Morgan fingerprint density at radius 1 is 1.44 bits per heavy atom. The third-order valence-corrected chi connectivity index (χ3v) is 5.56. The molecule has 1 aromatic rings. The van der Waals surface area contributed by atoms with E-state index < -0.39 is 5.91 Å². The molecule has 0 spiro atoms. The lowest BCUT2D eigenvalue weighted by molar-refractivity contribution is 0.100. The second-order valence-electron chi connectivity index (χ2n) is 4.12. The molecule has 1 aliphatic rings. The highest BCUT2D eigenvalue weighted by Crippen LogP contribution is 2.25. The van der Waals surface area contributed by atoms with Gasteiger partial charge in [0.2, 0.25) is 0 Å². The summed E-state index contributed by atoms with van der Waals surface area (Å²) in [5, 5.41) is 3.87. The van der Waals surface area contributed by atoms with E-state index in [9.17, 15) is 4.79 Å². The van der Waals surface area contributed by atoms with Crippen LogP contribution in [0.15, 0.2) is 18.2 Å². The standard InChI is InChI=1S/C12H17N3OS2/c13-8-1-2-10(12(14)16)11(5-8)15-6-9-7-17-3-4-18-9/h1-2,5,9,15H,3-4,6-7,13H2,(H2,14,16). The molecule has 1 unspecified atom stereocenters. The third-order valence-electron chi connectivity index (χ3n) is 2.71. The topological polar surface area (TPSA) is 81.1 Å². The van der Waals surface area contributed by atoms with Crippen molar-refractivity contribution < 1.29 is 4.79 Å². The maximum Gasteiger partial charge on any atom is 0.250 e. The zero-order valence-electron chi connectivity index (χ0n) is 10.0. The van der Waals surface area contributed by atoms with Crippen LogP contribution in [-0.4, -0.2) is 35.0 Å². The van der Waals surface area contributed by atoms with Gasteiger partial charge in [-0.1, -0.05) is 0 Å². The molecule has 5 N–H and O–H groups in total. The molecular weight excluding hydrogens is 266 g/mol. The number of hydrogen-bond acceptors (Lipinski definition) is 5. The van der Waals surface area contributed by atoms with Crippen LogP contribution in [0.4, 0.5) is 11.4 Å². The second-order valence-corrected chi connectivity index (χ2v) is 6.68. The molecule has 0 bridgehead atoms. The van der Waals surface area contributed by atoms with Crippen LogP contribution >= 0.6 is 23.5 Å². The Morgan fingerprint density at radius 3 is 2.94 bits per heavy atom. The highest BCUT2D eigenvalue weighted by Gasteiger charge is 2.15. The molecule has 1 fully saturated rings. The molecule has 0 aromatic heterocycles. The Labute approximate surface area is 115 Å². The fourth-order valence-electron chi connectivity index (χ4n) is 1.80. The average Bonchev–Trinajstić information content (AvgIpc) is 2.37. The minimum Gasteiger partial charge on any atom is -0.399 e. The van der Waals surface area contributed by atoms with Crippen molar-refractivity contribution in [3.05, 3.63) is 23.8 Å². The van der Waals surface area contributed by atoms with E-state index in [1.54, 1.807) is 18.2 Å². The summed E-state index contributed by atoms with van der Waals surface area (Å²) < 4.78 is 0. The zero-order chi connectivity index (χ0) is 13.0. The number of thioether (sulfide) groups is 2. The first kappa shape index (κ1) is 13.4. The third kappa shape index (κ3) is 3.49. The number of anilines is 2. The van der Waals surface area contributed by atoms with Crippen LogP contribution in [0.3, 0.4) is 0 Å². The van der Waals surface area contributed by atoms with Gasteiger partial charge < -0.3 is 16.8 Å². The summed E-state index contributed by atoms with van der Waals surface area (Å²) in [5.41, 5.74) is 12.9. The van der Waals surface area contributed by atoms with Gasteiger partial charge in [0, 0.05) is 40.4 Å². The Hall–Kier alpha value is -1.01. The van der Waals surface area contributed by atoms with E-state index in [4.69, 9.17) is 11.5 Å². The fraction of sp³-hybridized carbons (Fsp3) is 0.417. The minimum absolute atomic E-state index is 0.428. The molecular formula is C12H17N3OS2. The van der Waals surface area contributed by atoms with Crippen molar-refractivity contribution in [1.29, 1.82) is 0 Å². The lowest BCUT2D eigenvalue weighted by atomic mass is 10.1. The normalized spacial score (nSPS) is 19.4. The van der Waals surface area contributed by atoms with Gasteiger partial charge in [0.25, 0.3) is 5.91 Å². The van der Waals surface area contributed by atoms with Crippen LogP contribution in [0.25, 0.3) is 0 Å². The second kappa shape index (κ2) is 6.24. The number of nitrogens with two attached hydrogens (primary N) is 2. The van der Waals surface area contributed by atoms with Crippen molar-refractivity contribution in [2.45, 2.75) is 5.25 Å². The number of benzene rings is 1. The summed E-state index contributed by atoms with van der Waals surface area (Å²) in [4.78, 5) is 11.3. The highest BCUT2D eigenvalue weighted by atomic mass is 32.2. The van der Waals surface area contributed by atoms with Crippen molar-refractivity contribution in [1.82, 2.24) is 0 Å². The van der Waals surface area contributed by atoms with Gasteiger partial charge in [-0.05, 0) is 18.2 Å². The van der Waals surface area contributed by atoms with Crippen LogP contribution in [0.1, 0.15) is 10.4 Å². The number of hydrogen-bond donors (Lipinski definition) is 3. The number of carbonyl (C=O) groups excluding carboxylic acids is 1. The first-order chi connectivity index (χ1) is 8.66. The molecule has 4 nitrogen and oxygen atoms in total. The van der Waals surface area contributed by atoms with Crippen LogP contribution in [0.2, 0.25) is 0 Å². The number of rotatable bonds is 4. The number of carbonyl (C=O) groups is 1. The summed E-state index contributed by atoms with van der Waals surface area (Å²) in [6.07, 6.45) is 0. The van der Waals surface area contributed by atoms with E-state index in [1.807, 2.05) is 23.5 Å². The monoisotopic (exact) mass is 283 g/mol. The Balaban J connectivity index is 2.03. The Morgan fingerprint density at radius 2 is 2.28 bits per heavy atom. The zero-order valence-corrected chi connectivity index (χ0v) is 11.7. The fourth-order valence-corrected chi connectivity index (χ4v) is 4.41. The molecule has 1 saturated heterocycles. The van der Waals surface area contributed by atoms with Crippen LogP contribution < -0.4 is 16.8 Å². The van der Waals surface area contributed by atoms with Crippen molar-refractivity contribution >= 4 is 40.8 Å². The van der Waals surface area contributed by atoms with E-state index in [2.05, 4.69) is 5.32 Å². The van der Waals surface area contributed by atoms with Crippen molar-refractivity contribution in [2.24, 2.45) is 5.73 Å². The average molecular weight is 283 g/mol. The van der Waals surface area contributed by atoms with E-state index in [-0.39, 0.29) is 0 Å². The predicted molar refractivity (Wildman–Crippen MR) is 81.4 cm³/mol. The van der Waals surface area contributed by atoms with Crippen molar-refractivity contribution in [2.75, 3.05) is 34.9 Å². The molecule has 1 atom stereocenters. The minimum atomic E-state index is -0.428. The molecule has 1 amide bonds. The summed E-state index contributed by atoms with van der Waals surface area (Å²) >= 11 is 3.94. The van der Waals surface area contributed by atoms with Gasteiger partial charge in [-0.25, -0.2) is 0 Å². The predicted octanol–water partition coefficient (Wildman–Crippen LogP) is 1.63. The van der Waals surface area contributed by atoms with Gasteiger partial charge in [-0.15, -0.1) is 0 Å². The smallest absolute Gasteiger partial charge is 0.250 e. The molecule has 1 heterocycles. The van der Waals surface area contributed by atoms with E-state index in [1.165, 1.54) is 11.5 Å². The molecule has 98 valence electrons. The summed E-state index contributed by atoms with van der Waals surface area (Å²) in [6, 6.07) is 5.12. The molecule has 0 aliphatic carbocycles. The van der Waals surface area contributed by atoms with Gasteiger partial charge in [-0.3, -0.25) is 4.79 Å². The van der Waals surface area contributed by atoms with Gasteiger partial charge >= 0.3 is 0 Å².